The largest absolute Gasteiger partial charge is 0.384 e. The highest BCUT2D eigenvalue weighted by Gasteiger charge is 2.23. The predicted octanol–water partition coefficient (Wildman–Crippen LogP) is 4.32. The summed E-state index contributed by atoms with van der Waals surface area (Å²) in [6.45, 7) is 0.654. The van der Waals surface area contributed by atoms with E-state index < -0.39 is 0 Å². The Bertz CT molecular complexity index is 1360. The Morgan fingerprint density at radius 3 is 2.44 bits per heavy atom. The lowest BCUT2D eigenvalue weighted by Crippen LogP contribution is -2.41. The van der Waals surface area contributed by atoms with E-state index in [4.69, 9.17) is 16.9 Å². The molecule has 0 radical (unpaired) electrons. The highest BCUT2D eigenvalue weighted by Crippen LogP contribution is 2.24. The van der Waals surface area contributed by atoms with Gasteiger partial charge in [0.05, 0.1) is 0 Å². The molecule has 1 fully saturated rings. The van der Waals surface area contributed by atoms with Crippen molar-refractivity contribution in [1.82, 2.24) is 9.88 Å². The number of amidine groups is 1. The normalized spacial score (nSPS) is 18.3. The van der Waals surface area contributed by atoms with Crippen LogP contribution in [0.3, 0.4) is 0 Å². The minimum atomic E-state index is -0.0560. The molecule has 3 aromatic carbocycles. The molecule has 6 nitrogen and oxygen atoms in total. The van der Waals surface area contributed by atoms with E-state index >= 15 is 0 Å². The van der Waals surface area contributed by atoms with Crippen molar-refractivity contribution in [3.63, 3.8) is 0 Å². The Kier molecular flexibility index (Phi) is 6.07. The van der Waals surface area contributed by atoms with Crippen LogP contribution in [0.2, 0.25) is 0 Å². The van der Waals surface area contributed by atoms with Gasteiger partial charge in [-0.25, -0.2) is 0 Å². The Morgan fingerprint density at radius 2 is 1.68 bits per heavy atom. The van der Waals surface area contributed by atoms with E-state index in [2.05, 4.69) is 46.3 Å². The number of amides is 1. The molecule has 34 heavy (non-hydrogen) atoms. The molecule has 0 spiro atoms. The van der Waals surface area contributed by atoms with E-state index in [0.29, 0.717) is 17.8 Å². The van der Waals surface area contributed by atoms with Crippen LogP contribution in [0, 0.1) is 5.41 Å². The number of rotatable bonds is 6. The zero-order chi connectivity index (χ0) is 23.7. The van der Waals surface area contributed by atoms with Gasteiger partial charge in [-0.1, -0.05) is 54.6 Å². The molecule has 1 heterocycles. The van der Waals surface area contributed by atoms with Gasteiger partial charge in [0.25, 0.3) is 5.91 Å². The maximum atomic E-state index is 13.4. The highest BCUT2D eigenvalue weighted by atomic mass is 16.2. The molecule has 0 bridgehead atoms. The summed E-state index contributed by atoms with van der Waals surface area (Å²) in [5.74, 6) is -0.0340. The molecular weight excluding hydrogens is 422 g/mol. The van der Waals surface area contributed by atoms with Gasteiger partial charge in [-0.2, -0.15) is 0 Å². The number of hydrogen-bond donors (Lipinski definition) is 4. The minimum absolute atomic E-state index is 0.0220. The summed E-state index contributed by atoms with van der Waals surface area (Å²) in [4.78, 5) is 13.4. The molecule has 0 saturated heterocycles. The first kappa shape index (κ1) is 22.2. The van der Waals surface area contributed by atoms with Crippen LogP contribution in [0.15, 0.2) is 66.7 Å². The maximum absolute atomic E-state index is 13.4. The molecule has 1 saturated carbocycles. The number of carbonyl (C=O) groups is 1. The molecule has 6 heteroatoms. The van der Waals surface area contributed by atoms with Gasteiger partial charge in [-0.15, -0.1) is 0 Å². The monoisotopic (exact) mass is 453 g/mol. The number of nitrogens with one attached hydrogen (secondary N) is 2. The van der Waals surface area contributed by atoms with Gasteiger partial charge in [-0.05, 0) is 60.6 Å². The summed E-state index contributed by atoms with van der Waals surface area (Å²) in [6.07, 6.45) is 4.50. The van der Waals surface area contributed by atoms with Gasteiger partial charge in [0, 0.05) is 35.1 Å². The second-order valence-corrected chi connectivity index (χ2v) is 9.39. The third-order valence-corrected chi connectivity index (χ3v) is 6.99. The van der Waals surface area contributed by atoms with Crippen LogP contribution in [0.5, 0.6) is 0 Å². The molecule has 0 atom stereocenters. The third-order valence-electron chi connectivity index (χ3n) is 6.99. The van der Waals surface area contributed by atoms with Crippen molar-refractivity contribution in [2.75, 3.05) is 0 Å². The van der Waals surface area contributed by atoms with Crippen molar-refractivity contribution in [2.45, 2.75) is 50.7 Å². The minimum Gasteiger partial charge on any atom is -0.384 e. The van der Waals surface area contributed by atoms with Crippen molar-refractivity contribution in [1.29, 1.82) is 5.41 Å². The summed E-state index contributed by atoms with van der Waals surface area (Å²) in [6, 6.07) is 22.9. The number of nitrogens with two attached hydrogens (primary N) is 2. The van der Waals surface area contributed by atoms with Crippen molar-refractivity contribution in [2.24, 2.45) is 11.5 Å². The van der Waals surface area contributed by atoms with E-state index in [-0.39, 0.29) is 23.8 Å². The van der Waals surface area contributed by atoms with Gasteiger partial charge in [0.2, 0.25) is 0 Å². The number of fused-ring (bicyclic) bond motifs is 2. The van der Waals surface area contributed by atoms with Crippen molar-refractivity contribution >= 4 is 33.4 Å². The Labute approximate surface area is 199 Å². The standard InChI is InChI=1S/C28H31N5O/c29-23-9-11-24(12-10-23)32-28(34)26-16-21-7-8-22(27(30)31)17-25(21)33(26)14-13-18-5-6-19-3-1-2-4-20(19)15-18/h1-8,15-17,23-24H,9-14,29H2,(H3,30,31)(H,32,34)/t23-,24-. The van der Waals surface area contributed by atoms with Crippen LogP contribution >= 0.6 is 0 Å². The molecule has 174 valence electrons. The number of carbonyl (C=O) groups excluding carboxylic acids is 1. The number of nitrogen functional groups attached to an aromatic ring is 1. The number of aryl methyl sites for hydroxylation is 2. The third kappa shape index (κ3) is 4.54. The molecule has 1 aliphatic rings. The van der Waals surface area contributed by atoms with Crippen LogP contribution in [-0.4, -0.2) is 28.4 Å². The van der Waals surface area contributed by atoms with Crippen molar-refractivity contribution < 1.29 is 4.79 Å². The summed E-state index contributed by atoms with van der Waals surface area (Å²) in [5.41, 5.74) is 15.2. The van der Waals surface area contributed by atoms with Gasteiger partial charge in [-0.3, -0.25) is 10.2 Å². The first-order chi connectivity index (χ1) is 16.5. The van der Waals surface area contributed by atoms with Crippen LogP contribution in [0.25, 0.3) is 21.7 Å². The maximum Gasteiger partial charge on any atom is 0.268 e. The number of benzene rings is 3. The number of hydrogen-bond acceptors (Lipinski definition) is 3. The van der Waals surface area contributed by atoms with E-state index in [1.807, 2.05) is 30.3 Å². The first-order valence-electron chi connectivity index (χ1n) is 12.0. The topological polar surface area (TPSA) is 110 Å². The molecule has 4 aromatic rings. The zero-order valence-corrected chi connectivity index (χ0v) is 19.3. The average Bonchev–Trinajstić information content (AvgIpc) is 3.22. The average molecular weight is 454 g/mol. The molecule has 1 amide bonds. The smallest absolute Gasteiger partial charge is 0.268 e. The molecule has 0 unspecified atom stereocenters. The Hall–Kier alpha value is -3.64. The van der Waals surface area contributed by atoms with Crippen molar-refractivity contribution in [3.05, 3.63) is 83.6 Å². The molecule has 1 aromatic heterocycles. The van der Waals surface area contributed by atoms with Crippen LogP contribution in [-0.2, 0) is 13.0 Å². The SMILES string of the molecule is N=C(N)c1ccc2cc(C(=O)N[C@H]3CC[C@H](N)CC3)n(CCc3ccc4ccccc4c3)c2c1. The zero-order valence-electron chi connectivity index (χ0n) is 19.3. The van der Waals surface area contributed by atoms with Crippen LogP contribution in [0.1, 0.15) is 47.3 Å². The molecule has 0 aliphatic heterocycles. The van der Waals surface area contributed by atoms with E-state index in [1.54, 1.807) is 0 Å². The summed E-state index contributed by atoms with van der Waals surface area (Å²) in [5, 5.41) is 14.5. The number of nitrogens with zero attached hydrogens (tertiary/aromatic N) is 1. The fourth-order valence-corrected chi connectivity index (χ4v) is 5.01. The summed E-state index contributed by atoms with van der Waals surface area (Å²) < 4.78 is 2.07. The summed E-state index contributed by atoms with van der Waals surface area (Å²) in [7, 11) is 0. The molecule has 6 N–H and O–H groups in total. The quantitative estimate of drug-likeness (QED) is 0.258. The second kappa shape index (κ2) is 9.31. The fraction of sp³-hybridized carbons (Fsp3) is 0.286. The Morgan fingerprint density at radius 1 is 0.941 bits per heavy atom. The predicted molar refractivity (Wildman–Crippen MR) is 138 cm³/mol. The van der Waals surface area contributed by atoms with Gasteiger partial charge in [0.15, 0.2) is 0 Å². The Balaban J connectivity index is 1.46. The number of aromatic nitrogens is 1. The lowest BCUT2D eigenvalue weighted by atomic mass is 9.92. The molecule has 5 rings (SSSR count). The van der Waals surface area contributed by atoms with Gasteiger partial charge < -0.3 is 21.4 Å². The van der Waals surface area contributed by atoms with Crippen molar-refractivity contribution in [3.8, 4) is 0 Å². The van der Waals surface area contributed by atoms with E-state index in [9.17, 15) is 4.79 Å². The fourth-order valence-electron chi connectivity index (χ4n) is 5.01. The first-order valence-corrected chi connectivity index (χ1v) is 12.0. The van der Waals surface area contributed by atoms with E-state index in [1.165, 1.54) is 16.3 Å². The second-order valence-electron chi connectivity index (χ2n) is 9.39. The van der Waals surface area contributed by atoms with Crippen LogP contribution < -0.4 is 16.8 Å². The molecule has 1 aliphatic carbocycles. The summed E-state index contributed by atoms with van der Waals surface area (Å²) >= 11 is 0. The highest BCUT2D eigenvalue weighted by molar-refractivity contribution is 6.02. The molecular formula is C28H31N5O. The van der Waals surface area contributed by atoms with E-state index in [0.717, 1.165) is 43.0 Å². The van der Waals surface area contributed by atoms with Gasteiger partial charge >= 0.3 is 0 Å². The lowest BCUT2D eigenvalue weighted by molar-refractivity contribution is 0.0917. The van der Waals surface area contributed by atoms with Gasteiger partial charge in [0.1, 0.15) is 11.5 Å². The van der Waals surface area contributed by atoms with Crippen LogP contribution in [0.4, 0.5) is 0 Å². The lowest BCUT2D eigenvalue weighted by Gasteiger charge is -2.27.